The standard InChI is InChI=1S/C16H19N5O2/c1-20-10-13(15(17)23)16(19-20)18-8-14(22)21-7-6-11-4-2-3-5-12(11)9-21/h2-5,10H,6-9H2,1H3,(H2,17,23)(H,18,19). The number of nitrogens with zero attached hydrogens (tertiary/aromatic N) is 3. The van der Waals surface area contributed by atoms with Crippen LogP contribution in [0.1, 0.15) is 21.5 Å². The predicted octanol–water partition coefficient (Wildman–Crippen LogP) is 0.516. The van der Waals surface area contributed by atoms with Crippen molar-refractivity contribution in [2.75, 3.05) is 18.4 Å². The molecule has 2 amide bonds. The lowest BCUT2D eigenvalue weighted by molar-refractivity contribution is -0.130. The van der Waals surface area contributed by atoms with Crippen LogP contribution in [0.15, 0.2) is 30.5 Å². The third-order valence-electron chi connectivity index (χ3n) is 3.98. The molecular formula is C16H19N5O2. The fourth-order valence-corrected chi connectivity index (χ4v) is 2.78. The topological polar surface area (TPSA) is 93.2 Å². The van der Waals surface area contributed by atoms with Crippen LogP contribution in [0.4, 0.5) is 5.82 Å². The van der Waals surface area contributed by atoms with Crippen molar-refractivity contribution in [2.45, 2.75) is 13.0 Å². The summed E-state index contributed by atoms with van der Waals surface area (Å²) in [7, 11) is 1.70. The zero-order chi connectivity index (χ0) is 16.4. The first-order chi connectivity index (χ1) is 11.0. The van der Waals surface area contributed by atoms with E-state index in [1.807, 2.05) is 23.1 Å². The van der Waals surface area contributed by atoms with Gasteiger partial charge in [-0.1, -0.05) is 24.3 Å². The lowest BCUT2D eigenvalue weighted by Crippen LogP contribution is -2.39. The van der Waals surface area contributed by atoms with Gasteiger partial charge in [-0.05, 0) is 17.5 Å². The van der Waals surface area contributed by atoms with Gasteiger partial charge < -0.3 is 16.0 Å². The quantitative estimate of drug-likeness (QED) is 0.860. The van der Waals surface area contributed by atoms with E-state index in [-0.39, 0.29) is 18.0 Å². The zero-order valence-corrected chi connectivity index (χ0v) is 13.0. The molecular weight excluding hydrogens is 294 g/mol. The van der Waals surface area contributed by atoms with Gasteiger partial charge in [-0.15, -0.1) is 0 Å². The van der Waals surface area contributed by atoms with Gasteiger partial charge in [0.1, 0.15) is 5.56 Å². The first-order valence-corrected chi connectivity index (χ1v) is 7.46. The average molecular weight is 313 g/mol. The number of rotatable bonds is 4. The van der Waals surface area contributed by atoms with Crippen molar-refractivity contribution in [3.8, 4) is 0 Å². The number of aryl methyl sites for hydroxylation is 1. The van der Waals surface area contributed by atoms with Crippen LogP contribution in [0.2, 0.25) is 0 Å². The summed E-state index contributed by atoms with van der Waals surface area (Å²) in [6, 6.07) is 8.15. The summed E-state index contributed by atoms with van der Waals surface area (Å²) in [5, 5.41) is 7.03. The molecule has 7 heteroatoms. The lowest BCUT2D eigenvalue weighted by atomic mass is 10.00. The fourth-order valence-electron chi connectivity index (χ4n) is 2.78. The highest BCUT2D eigenvalue weighted by Gasteiger charge is 2.21. The van der Waals surface area contributed by atoms with Crippen LogP contribution in [0.3, 0.4) is 0 Å². The monoisotopic (exact) mass is 313 g/mol. The third-order valence-corrected chi connectivity index (χ3v) is 3.98. The Balaban J connectivity index is 1.64. The molecule has 23 heavy (non-hydrogen) atoms. The summed E-state index contributed by atoms with van der Waals surface area (Å²) in [4.78, 5) is 25.5. The van der Waals surface area contributed by atoms with Crippen LogP contribution in [0.5, 0.6) is 0 Å². The average Bonchev–Trinajstić information content (AvgIpc) is 2.93. The highest BCUT2D eigenvalue weighted by Crippen LogP contribution is 2.18. The van der Waals surface area contributed by atoms with Crippen molar-refractivity contribution in [1.82, 2.24) is 14.7 Å². The molecule has 1 aromatic heterocycles. The van der Waals surface area contributed by atoms with Gasteiger partial charge in [-0.2, -0.15) is 5.10 Å². The summed E-state index contributed by atoms with van der Waals surface area (Å²) in [6.07, 6.45) is 2.39. The molecule has 0 fully saturated rings. The molecule has 7 nitrogen and oxygen atoms in total. The van der Waals surface area contributed by atoms with Crippen molar-refractivity contribution in [3.63, 3.8) is 0 Å². The number of primary amides is 1. The predicted molar refractivity (Wildman–Crippen MR) is 85.8 cm³/mol. The van der Waals surface area contributed by atoms with Gasteiger partial charge in [0.2, 0.25) is 5.91 Å². The summed E-state index contributed by atoms with van der Waals surface area (Å²) in [5.74, 6) is -0.258. The zero-order valence-electron chi connectivity index (χ0n) is 13.0. The second-order valence-electron chi connectivity index (χ2n) is 5.62. The number of fused-ring (bicyclic) bond motifs is 1. The Labute approximate surface area is 134 Å². The number of amides is 2. The third kappa shape index (κ3) is 3.18. The van der Waals surface area contributed by atoms with Crippen LogP contribution >= 0.6 is 0 Å². The molecule has 3 N–H and O–H groups in total. The van der Waals surface area contributed by atoms with E-state index >= 15 is 0 Å². The second-order valence-corrected chi connectivity index (χ2v) is 5.62. The van der Waals surface area contributed by atoms with E-state index in [1.54, 1.807) is 7.05 Å². The fraction of sp³-hybridized carbons (Fsp3) is 0.312. The molecule has 1 aromatic carbocycles. The number of carbonyl (C=O) groups excluding carboxylic acids is 2. The molecule has 3 rings (SSSR count). The summed E-state index contributed by atoms with van der Waals surface area (Å²) < 4.78 is 1.49. The van der Waals surface area contributed by atoms with Crippen molar-refractivity contribution >= 4 is 17.6 Å². The molecule has 0 radical (unpaired) electrons. The van der Waals surface area contributed by atoms with Crippen LogP contribution in [-0.2, 0) is 24.8 Å². The van der Waals surface area contributed by atoms with Crippen molar-refractivity contribution < 1.29 is 9.59 Å². The first-order valence-electron chi connectivity index (χ1n) is 7.46. The van der Waals surface area contributed by atoms with Gasteiger partial charge >= 0.3 is 0 Å². The molecule has 0 saturated heterocycles. The van der Waals surface area contributed by atoms with E-state index in [1.165, 1.54) is 22.0 Å². The Morgan fingerprint density at radius 3 is 2.78 bits per heavy atom. The maximum Gasteiger partial charge on any atom is 0.254 e. The van der Waals surface area contributed by atoms with E-state index < -0.39 is 5.91 Å². The molecule has 0 spiro atoms. The molecule has 2 heterocycles. The van der Waals surface area contributed by atoms with Crippen LogP contribution in [0.25, 0.3) is 0 Å². The number of hydrogen-bond acceptors (Lipinski definition) is 4. The second kappa shape index (κ2) is 6.12. The number of carbonyl (C=O) groups is 2. The van der Waals surface area contributed by atoms with E-state index in [4.69, 9.17) is 5.73 Å². The number of nitrogens with two attached hydrogens (primary N) is 1. The SMILES string of the molecule is Cn1cc(C(N)=O)c(NCC(=O)N2CCc3ccccc3C2)n1. The molecule has 2 aromatic rings. The maximum absolute atomic E-state index is 12.4. The number of benzene rings is 1. The Kier molecular flexibility index (Phi) is 4.01. The van der Waals surface area contributed by atoms with Gasteiger partial charge in [0.25, 0.3) is 5.91 Å². The molecule has 1 aliphatic rings. The highest BCUT2D eigenvalue weighted by atomic mass is 16.2. The number of nitrogens with one attached hydrogen (secondary N) is 1. The van der Waals surface area contributed by atoms with Gasteiger partial charge in [0, 0.05) is 26.3 Å². The molecule has 120 valence electrons. The lowest BCUT2D eigenvalue weighted by Gasteiger charge is -2.29. The maximum atomic E-state index is 12.4. The summed E-state index contributed by atoms with van der Waals surface area (Å²) in [5.41, 5.74) is 8.06. The first kappa shape index (κ1) is 15.1. The Morgan fingerprint density at radius 2 is 2.04 bits per heavy atom. The molecule has 0 aliphatic carbocycles. The normalized spacial score (nSPS) is 13.5. The smallest absolute Gasteiger partial charge is 0.254 e. The molecule has 1 aliphatic heterocycles. The highest BCUT2D eigenvalue weighted by molar-refractivity contribution is 5.97. The van der Waals surface area contributed by atoms with Gasteiger partial charge in [0.15, 0.2) is 5.82 Å². The Morgan fingerprint density at radius 1 is 1.30 bits per heavy atom. The van der Waals surface area contributed by atoms with Gasteiger partial charge in [0.05, 0.1) is 6.54 Å². The van der Waals surface area contributed by atoms with E-state index in [9.17, 15) is 9.59 Å². The summed E-state index contributed by atoms with van der Waals surface area (Å²) >= 11 is 0. The minimum Gasteiger partial charge on any atom is -0.365 e. The van der Waals surface area contributed by atoms with Crippen LogP contribution < -0.4 is 11.1 Å². The van der Waals surface area contributed by atoms with E-state index in [0.717, 1.165) is 6.42 Å². The van der Waals surface area contributed by atoms with E-state index in [0.29, 0.717) is 18.9 Å². The van der Waals surface area contributed by atoms with Crippen molar-refractivity contribution in [2.24, 2.45) is 12.8 Å². The number of anilines is 1. The van der Waals surface area contributed by atoms with Crippen molar-refractivity contribution in [3.05, 3.63) is 47.2 Å². The molecule has 0 saturated carbocycles. The van der Waals surface area contributed by atoms with Gasteiger partial charge in [-0.3, -0.25) is 14.3 Å². The minimum atomic E-state index is -0.569. The van der Waals surface area contributed by atoms with Crippen molar-refractivity contribution in [1.29, 1.82) is 0 Å². The van der Waals surface area contributed by atoms with E-state index in [2.05, 4.69) is 16.5 Å². The summed E-state index contributed by atoms with van der Waals surface area (Å²) in [6.45, 7) is 1.39. The van der Waals surface area contributed by atoms with Crippen LogP contribution in [-0.4, -0.2) is 39.6 Å². The van der Waals surface area contributed by atoms with Gasteiger partial charge in [-0.25, -0.2) is 0 Å². The molecule has 0 atom stereocenters. The molecule has 0 unspecified atom stereocenters. The van der Waals surface area contributed by atoms with Crippen LogP contribution in [0, 0.1) is 0 Å². The number of aromatic nitrogens is 2. The Hall–Kier alpha value is -2.83. The largest absolute Gasteiger partial charge is 0.365 e. The molecule has 0 bridgehead atoms. The minimum absolute atomic E-state index is 0.0272. The number of hydrogen-bond donors (Lipinski definition) is 2. The Bertz CT molecular complexity index is 753.